The van der Waals surface area contributed by atoms with Crippen LogP contribution in [0.3, 0.4) is 0 Å². The molecule has 0 spiro atoms. The summed E-state index contributed by atoms with van der Waals surface area (Å²) in [4.78, 5) is 12.1. The molecule has 22 heavy (non-hydrogen) atoms. The second-order valence-corrected chi connectivity index (χ2v) is 6.45. The number of aryl methyl sites for hydroxylation is 1. The lowest BCUT2D eigenvalue weighted by Crippen LogP contribution is -2.24. The third kappa shape index (κ3) is 3.78. The van der Waals surface area contributed by atoms with Gasteiger partial charge in [0.2, 0.25) is 0 Å². The molecular formula is C16H15FO4S. The first-order valence-corrected chi connectivity index (χ1v) is 8.00. The van der Waals surface area contributed by atoms with Crippen LogP contribution in [0.2, 0.25) is 0 Å². The Morgan fingerprint density at radius 3 is 2.14 bits per heavy atom. The van der Waals surface area contributed by atoms with E-state index in [0.717, 1.165) is 17.7 Å². The number of Topliss-reactive ketones (excluding diaryl/α,β-unsaturated/α-hetero) is 1. The molecule has 0 aliphatic rings. The number of hydrogen-bond acceptors (Lipinski definition) is 4. The summed E-state index contributed by atoms with van der Waals surface area (Å²) in [5.41, 5.74) is 1.10. The van der Waals surface area contributed by atoms with Gasteiger partial charge in [0.25, 0.3) is 10.1 Å². The molecule has 4 nitrogen and oxygen atoms in total. The number of carbonyl (C=O) groups is 1. The van der Waals surface area contributed by atoms with Crippen molar-refractivity contribution in [2.24, 2.45) is 0 Å². The molecule has 1 atom stereocenters. The van der Waals surface area contributed by atoms with Gasteiger partial charge < -0.3 is 0 Å². The van der Waals surface area contributed by atoms with Crippen molar-refractivity contribution in [1.82, 2.24) is 0 Å². The van der Waals surface area contributed by atoms with Gasteiger partial charge in [-0.15, -0.1) is 0 Å². The van der Waals surface area contributed by atoms with Gasteiger partial charge in [-0.2, -0.15) is 8.42 Å². The third-order valence-corrected chi connectivity index (χ3v) is 4.47. The van der Waals surface area contributed by atoms with E-state index in [1.54, 1.807) is 12.1 Å². The van der Waals surface area contributed by atoms with Gasteiger partial charge in [0.15, 0.2) is 5.78 Å². The van der Waals surface area contributed by atoms with Crippen LogP contribution < -0.4 is 0 Å². The van der Waals surface area contributed by atoms with Crippen molar-refractivity contribution in [1.29, 1.82) is 0 Å². The highest BCUT2D eigenvalue weighted by atomic mass is 32.2. The van der Waals surface area contributed by atoms with Crippen LogP contribution >= 0.6 is 0 Å². The van der Waals surface area contributed by atoms with Gasteiger partial charge in [-0.3, -0.25) is 8.98 Å². The highest BCUT2D eigenvalue weighted by molar-refractivity contribution is 7.86. The number of rotatable bonds is 5. The molecule has 0 amide bonds. The van der Waals surface area contributed by atoms with E-state index in [2.05, 4.69) is 0 Å². The minimum Gasteiger partial charge on any atom is -0.291 e. The molecule has 2 aromatic carbocycles. The summed E-state index contributed by atoms with van der Waals surface area (Å²) in [6.07, 6.45) is -1.20. The van der Waals surface area contributed by atoms with E-state index in [9.17, 15) is 17.6 Å². The van der Waals surface area contributed by atoms with Gasteiger partial charge in [0, 0.05) is 5.56 Å². The average Bonchev–Trinajstić information content (AvgIpc) is 2.47. The van der Waals surface area contributed by atoms with Crippen molar-refractivity contribution in [3.63, 3.8) is 0 Å². The van der Waals surface area contributed by atoms with E-state index in [1.165, 1.54) is 31.2 Å². The van der Waals surface area contributed by atoms with Crippen LogP contribution in [0.25, 0.3) is 0 Å². The fourth-order valence-electron chi connectivity index (χ4n) is 1.84. The van der Waals surface area contributed by atoms with Crippen LogP contribution in [0, 0.1) is 12.7 Å². The number of halogens is 1. The van der Waals surface area contributed by atoms with Gasteiger partial charge in [-0.05, 0) is 50.2 Å². The van der Waals surface area contributed by atoms with Gasteiger partial charge in [0.05, 0.1) is 4.90 Å². The number of carbonyl (C=O) groups excluding carboxylic acids is 1. The monoisotopic (exact) mass is 322 g/mol. The topological polar surface area (TPSA) is 60.4 Å². The Morgan fingerprint density at radius 2 is 1.59 bits per heavy atom. The van der Waals surface area contributed by atoms with E-state index in [1.807, 2.05) is 6.92 Å². The molecule has 2 rings (SSSR count). The summed E-state index contributed by atoms with van der Waals surface area (Å²) in [5.74, 6) is -1.01. The minimum absolute atomic E-state index is 0.0168. The lowest BCUT2D eigenvalue weighted by Gasteiger charge is -2.12. The zero-order valence-corrected chi connectivity index (χ0v) is 12.9. The van der Waals surface area contributed by atoms with Crippen LogP contribution in [0.5, 0.6) is 0 Å². The molecule has 0 N–H and O–H groups in total. The van der Waals surface area contributed by atoms with Crippen LogP contribution in [-0.4, -0.2) is 20.3 Å². The van der Waals surface area contributed by atoms with Crippen molar-refractivity contribution < 1.29 is 21.8 Å². The highest BCUT2D eigenvalue weighted by Crippen LogP contribution is 2.17. The maximum absolute atomic E-state index is 12.8. The molecular weight excluding hydrogens is 307 g/mol. The zero-order chi connectivity index (χ0) is 16.3. The molecule has 0 bridgehead atoms. The van der Waals surface area contributed by atoms with Crippen LogP contribution in [-0.2, 0) is 14.3 Å². The molecule has 0 unspecified atom stereocenters. The highest BCUT2D eigenvalue weighted by Gasteiger charge is 2.24. The fraction of sp³-hybridized carbons (Fsp3) is 0.188. The second kappa shape index (κ2) is 6.37. The first-order valence-electron chi connectivity index (χ1n) is 6.59. The Labute approximate surface area is 128 Å². The molecule has 6 heteroatoms. The van der Waals surface area contributed by atoms with Crippen molar-refractivity contribution in [3.05, 3.63) is 65.5 Å². The van der Waals surface area contributed by atoms with E-state index < -0.39 is 27.8 Å². The first-order chi connectivity index (χ1) is 10.3. The van der Waals surface area contributed by atoms with Crippen LogP contribution in [0.4, 0.5) is 4.39 Å². The molecule has 116 valence electrons. The summed E-state index contributed by atoms with van der Waals surface area (Å²) < 4.78 is 42.0. The average molecular weight is 322 g/mol. The van der Waals surface area contributed by atoms with E-state index >= 15 is 0 Å². The van der Waals surface area contributed by atoms with Crippen molar-refractivity contribution in [2.45, 2.75) is 24.8 Å². The predicted octanol–water partition coefficient (Wildman–Crippen LogP) is 3.11. The number of ketones is 1. The molecule has 0 radical (unpaired) electrons. The Bertz CT molecular complexity index is 765. The van der Waals surface area contributed by atoms with Gasteiger partial charge in [0.1, 0.15) is 11.9 Å². The van der Waals surface area contributed by atoms with Crippen molar-refractivity contribution in [2.75, 3.05) is 0 Å². The summed E-state index contributed by atoms with van der Waals surface area (Å²) in [6, 6.07) is 11.0. The zero-order valence-electron chi connectivity index (χ0n) is 12.1. The lowest BCUT2D eigenvalue weighted by molar-refractivity contribution is 0.0825. The van der Waals surface area contributed by atoms with Crippen LogP contribution in [0.15, 0.2) is 53.4 Å². The third-order valence-electron chi connectivity index (χ3n) is 3.08. The molecule has 0 aliphatic carbocycles. The molecule has 0 aliphatic heterocycles. The Kier molecular flexibility index (Phi) is 4.73. The smallest absolute Gasteiger partial charge is 0.291 e. The van der Waals surface area contributed by atoms with Crippen molar-refractivity contribution >= 4 is 15.9 Å². The molecule has 0 heterocycles. The normalized spacial score (nSPS) is 12.9. The Hall–Kier alpha value is -2.05. The quantitative estimate of drug-likeness (QED) is 0.627. The Balaban J connectivity index is 2.16. The number of hydrogen-bond donors (Lipinski definition) is 0. The van der Waals surface area contributed by atoms with E-state index in [-0.39, 0.29) is 10.5 Å². The molecule has 0 saturated heterocycles. The van der Waals surface area contributed by atoms with E-state index in [4.69, 9.17) is 4.18 Å². The summed E-state index contributed by atoms with van der Waals surface area (Å²) in [5, 5.41) is 0. The fourth-order valence-corrected chi connectivity index (χ4v) is 2.89. The van der Waals surface area contributed by atoms with Gasteiger partial charge in [-0.25, -0.2) is 4.39 Å². The summed E-state index contributed by atoms with van der Waals surface area (Å²) in [7, 11) is -4.03. The second-order valence-electron chi connectivity index (χ2n) is 4.88. The largest absolute Gasteiger partial charge is 0.297 e. The molecule has 2 aromatic rings. The SMILES string of the molecule is Cc1ccc(S(=O)(=O)O[C@H](C)C(=O)c2ccc(F)cc2)cc1. The molecule has 0 fully saturated rings. The van der Waals surface area contributed by atoms with Gasteiger partial charge >= 0.3 is 0 Å². The number of benzene rings is 2. The lowest BCUT2D eigenvalue weighted by atomic mass is 10.1. The first kappa shape index (κ1) is 16.3. The standard InChI is InChI=1S/C16H15FO4S/c1-11-3-9-15(10-4-11)22(19,20)21-12(2)16(18)13-5-7-14(17)8-6-13/h3-10,12H,1-2H3/t12-/m1/s1. The summed E-state index contributed by atoms with van der Waals surface area (Å²) >= 11 is 0. The molecule has 0 aromatic heterocycles. The maximum atomic E-state index is 12.8. The maximum Gasteiger partial charge on any atom is 0.297 e. The molecule has 0 saturated carbocycles. The van der Waals surface area contributed by atoms with Crippen LogP contribution in [0.1, 0.15) is 22.8 Å². The van der Waals surface area contributed by atoms with Crippen molar-refractivity contribution in [3.8, 4) is 0 Å². The van der Waals surface area contributed by atoms with E-state index in [0.29, 0.717) is 0 Å². The summed E-state index contributed by atoms with van der Waals surface area (Å²) in [6.45, 7) is 3.18. The predicted molar refractivity (Wildman–Crippen MR) is 79.6 cm³/mol. The minimum atomic E-state index is -4.03. The Morgan fingerprint density at radius 1 is 1.05 bits per heavy atom. The van der Waals surface area contributed by atoms with Gasteiger partial charge in [-0.1, -0.05) is 17.7 Å².